The third-order valence-electron chi connectivity index (χ3n) is 6.33. The van der Waals surface area contributed by atoms with Crippen molar-refractivity contribution in [3.05, 3.63) is 51.5 Å². The summed E-state index contributed by atoms with van der Waals surface area (Å²) in [5.74, 6) is 0.532. The molecule has 3 nitrogen and oxygen atoms in total. The minimum absolute atomic E-state index is 0.0160. The van der Waals surface area contributed by atoms with Crippen LogP contribution < -0.4 is 0 Å². The van der Waals surface area contributed by atoms with E-state index in [0.29, 0.717) is 16.5 Å². The van der Waals surface area contributed by atoms with Crippen LogP contribution in [0.5, 0.6) is 0 Å². The Morgan fingerprint density at radius 3 is 2.62 bits per heavy atom. The maximum atomic E-state index is 10.6. The second-order valence-corrected chi connectivity index (χ2v) is 8.61. The number of thiazole rings is 1. The van der Waals surface area contributed by atoms with Crippen LogP contribution in [0.3, 0.4) is 0 Å². The molecule has 4 rings (SSSR count). The van der Waals surface area contributed by atoms with Gasteiger partial charge in [-0.15, -0.1) is 11.3 Å². The number of fused-ring (bicyclic) bond motifs is 5. The third-order valence-corrected chi connectivity index (χ3v) is 7.52. The number of benzene rings is 1. The standard InChI is InChI=1S/C20H20N2OS/c1-19(2)14-9-10-20(19,3)17-16(14)24-18(22-17)13(11-21)15(23)12-7-5-4-6-8-12/h4-8,14,23H,9-10H2,1-3H3/b15-13-. The predicted molar refractivity (Wildman–Crippen MR) is 96.7 cm³/mol. The lowest BCUT2D eigenvalue weighted by Gasteiger charge is -2.34. The van der Waals surface area contributed by atoms with Crippen molar-refractivity contribution in [2.24, 2.45) is 5.41 Å². The second-order valence-electron chi connectivity index (χ2n) is 7.58. The Labute approximate surface area is 146 Å². The molecule has 1 aromatic carbocycles. The fraction of sp³-hybridized carbons (Fsp3) is 0.400. The van der Waals surface area contributed by atoms with Gasteiger partial charge in [-0.3, -0.25) is 0 Å². The molecule has 122 valence electrons. The molecule has 0 saturated heterocycles. The zero-order valence-corrected chi connectivity index (χ0v) is 14.9. The summed E-state index contributed by atoms with van der Waals surface area (Å²) >= 11 is 1.59. The fourth-order valence-electron chi connectivity index (χ4n) is 4.40. The summed E-state index contributed by atoms with van der Waals surface area (Å²) in [4.78, 5) is 6.15. The molecule has 0 spiro atoms. The molecule has 2 aromatic rings. The fourth-order valence-corrected chi connectivity index (χ4v) is 5.91. The maximum absolute atomic E-state index is 10.6. The van der Waals surface area contributed by atoms with Crippen molar-refractivity contribution in [1.29, 1.82) is 5.26 Å². The van der Waals surface area contributed by atoms with Crippen LogP contribution in [-0.2, 0) is 5.41 Å². The average molecular weight is 336 g/mol. The van der Waals surface area contributed by atoms with Crippen molar-refractivity contribution in [3.8, 4) is 6.07 Å². The quantitative estimate of drug-likeness (QED) is 0.600. The lowest BCUT2D eigenvalue weighted by molar-refractivity contribution is 0.227. The van der Waals surface area contributed by atoms with E-state index in [2.05, 4.69) is 26.8 Å². The van der Waals surface area contributed by atoms with Crippen molar-refractivity contribution < 1.29 is 5.11 Å². The normalized spacial score (nSPS) is 27.5. The summed E-state index contributed by atoms with van der Waals surface area (Å²) < 4.78 is 0. The molecule has 1 heterocycles. The van der Waals surface area contributed by atoms with E-state index < -0.39 is 0 Å². The predicted octanol–water partition coefficient (Wildman–Crippen LogP) is 5.27. The molecule has 2 atom stereocenters. The average Bonchev–Trinajstić information content (AvgIpc) is 3.14. The van der Waals surface area contributed by atoms with Crippen molar-refractivity contribution in [2.75, 3.05) is 0 Å². The summed E-state index contributed by atoms with van der Waals surface area (Å²) in [6, 6.07) is 11.4. The van der Waals surface area contributed by atoms with Gasteiger partial charge in [0, 0.05) is 21.8 Å². The highest BCUT2D eigenvalue weighted by Gasteiger charge is 2.61. The van der Waals surface area contributed by atoms with E-state index in [0.717, 1.165) is 12.1 Å². The van der Waals surface area contributed by atoms with Crippen LogP contribution in [0.2, 0.25) is 0 Å². The number of aromatic nitrogens is 1. The van der Waals surface area contributed by atoms with Gasteiger partial charge in [0.1, 0.15) is 22.4 Å². The highest BCUT2D eigenvalue weighted by molar-refractivity contribution is 7.13. The summed E-state index contributed by atoms with van der Waals surface area (Å²) in [6.45, 7) is 6.97. The number of hydrogen-bond acceptors (Lipinski definition) is 4. The minimum atomic E-state index is 0.0160. The van der Waals surface area contributed by atoms with E-state index in [4.69, 9.17) is 4.98 Å². The lowest BCUT2D eigenvalue weighted by atomic mass is 9.70. The van der Waals surface area contributed by atoms with E-state index >= 15 is 0 Å². The van der Waals surface area contributed by atoms with Gasteiger partial charge in [-0.05, 0) is 18.3 Å². The number of nitriles is 1. The first-order valence-corrected chi connectivity index (χ1v) is 9.12. The number of allylic oxidation sites excluding steroid dienone is 1. The third kappa shape index (κ3) is 1.79. The summed E-state index contributed by atoms with van der Waals surface area (Å²) in [6.07, 6.45) is 2.34. The molecule has 1 aromatic heterocycles. The number of aliphatic hydroxyl groups excluding tert-OH is 1. The summed E-state index contributed by atoms with van der Waals surface area (Å²) in [5, 5.41) is 20.8. The van der Waals surface area contributed by atoms with Gasteiger partial charge in [-0.25, -0.2) is 4.98 Å². The first-order valence-electron chi connectivity index (χ1n) is 8.30. The van der Waals surface area contributed by atoms with Crippen molar-refractivity contribution in [1.82, 2.24) is 4.98 Å². The van der Waals surface area contributed by atoms with Gasteiger partial charge in [-0.1, -0.05) is 51.1 Å². The number of hydrogen-bond donors (Lipinski definition) is 1. The Kier molecular flexibility index (Phi) is 3.17. The highest BCUT2D eigenvalue weighted by atomic mass is 32.1. The maximum Gasteiger partial charge on any atom is 0.143 e. The summed E-state index contributed by atoms with van der Waals surface area (Å²) in [7, 11) is 0. The topological polar surface area (TPSA) is 56.9 Å². The molecule has 1 saturated carbocycles. The van der Waals surface area contributed by atoms with Crippen molar-refractivity contribution in [3.63, 3.8) is 0 Å². The lowest BCUT2D eigenvalue weighted by Crippen LogP contribution is -2.32. The Bertz CT molecular complexity index is 888. The zero-order valence-electron chi connectivity index (χ0n) is 14.1. The molecule has 4 heteroatoms. The molecule has 2 aliphatic rings. The van der Waals surface area contributed by atoms with Crippen LogP contribution in [-0.4, -0.2) is 10.1 Å². The van der Waals surface area contributed by atoms with Crippen LogP contribution in [0.15, 0.2) is 30.3 Å². The molecule has 0 radical (unpaired) electrons. The molecule has 1 fully saturated rings. The molecule has 2 unspecified atom stereocenters. The number of rotatable bonds is 2. The second kappa shape index (κ2) is 4.94. The van der Waals surface area contributed by atoms with Crippen LogP contribution in [0.1, 0.15) is 60.7 Å². The highest BCUT2D eigenvalue weighted by Crippen LogP contribution is 2.68. The first-order chi connectivity index (χ1) is 11.4. The van der Waals surface area contributed by atoms with Gasteiger partial charge in [0.15, 0.2) is 0 Å². The van der Waals surface area contributed by atoms with E-state index in [-0.39, 0.29) is 22.2 Å². The van der Waals surface area contributed by atoms with Crippen LogP contribution >= 0.6 is 11.3 Å². The van der Waals surface area contributed by atoms with E-state index in [1.165, 1.54) is 11.3 Å². The Morgan fingerprint density at radius 1 is 1.29 bits per heavy atom. The monoisotopic (exact) mass is 336 g/mol. The van der Waals surface area contributed by atoms with Gasteiger partial charge in [0.2, 0.25) is 0 Å². The number of aliphatic hydroxyl groups is 1. The summed E-state index contributed by atoms with van der Waals surface area (Å²) in [5.41, 5.74) is 2.38. The molecule has 1 N–H and O–H groups in total. The molecule has 0 aliphatic heterocycles. The van der Waals surface area contributed by atoms with Crippen molar-refractivity contribution in [2.45, 2.75) is 44.9 Å². The van der Waals surface area contributed by atoms with Gasteiger partial charge in [0.25, 0.3) is 0 Å². The van der Waals surface area contributed by atoms with Gasteiger partial charge >= 0.3 is 0 Å². The zero-order chi connectivity index (χ0) is 17.1. The number of nitrogens with zero attached hydrogens (tertiary/aromatic N) is 2. The van der Waals surface area contributed by atoms with Crippen LogP contribution in [0.4, 0.5) is 0 Å². The first kappa shape index (κ1) is 15.4. The molecular weight excluding hydrogens is 316 g/mol. The van der Waals surface area contributed by atoms with Crippen LogP contribution in [0, 0.1) is 16.7 Å². The molecule has 2 bridgehead atoms. The Morgan fingerprint density at radius 2 is 2.00 bits per heavy atom. The molecule has 24 heavy (non-hydrogen) atoms. The Hall–Kier alpha value is -2.12. The van der Waals surface area contributed by atoms with E-state index in [1.807, 2.05) is 30.3 Å². The largest absolute Gasteiger partial charge is 0.506 e. The van der Waals surface area contributed by atoms with E-state index in [9.17, 15) is 10.4 Å². The Balaban J connectivity index is 1.84. The van der Waals surface area contributed by atoms with Crippen LogP contribution in [0.25, 0.3) is 11.3 Å². The van der Waals surface area contributed by atoms with Gasteiger partial charge in [-0.2, -0.15) is 5.26 Å². The van der Waals surface area contributed by atoms with E-state index in [1.54, 1.807) is 11.3 Å². The molecule has 0 amide bonds. The SMILES string of the molecule is CC12CCC(c3sc(/C(C#N)=C(\O)c4ccccc4)nc31)C2(C)C. The van der Waals surface area contributed by atoms with Gasteiger partial charge in [0.05, 0.1) is 5.69 Å². The van der Waals surface area contributed by atoms with Gasteiger partial charge < -0.3 is 5.11 Å². The molecule has 2 aliphatic carbocycles. The minimum Gasteiger partial charge on any atom is -0.506 e. The smallest absolute Gasteiger partial charge is 0.143 e. The molecular formula is C20H20N2OS. The van der Waals surface area contributed by atoms with Crippen molar-refractivity contribution >= 4 is 22.7 Å².